The second-order valence-electron chi connectivity index (χ2n) is 6.46. The van der Waals surface area contributed by atoms with E-state index in [2.05, 4.69) is 10.3 Å². The first-order valence-corrected chi connectivity index (χ1v) is 9.40. The highest BCUT2D eigenvalue weighted by Gasteiger charge is 2.18. The van der Waals surface area contributed by atoms with Crippen LogP contribution >= 0.6 is 0 Å². The van der Waals surface area contributed by atoms with Crippen molar-refractivity contribution in [2.75, 3.05) is 13.2 Å². The van der Waals surface area contributed by atoms with Crippen LogP contribution in [0.3, 0.4) is 0 Å². The number of rotatable bonds is 8. The number of nitrogens with zero attached hydrogens (tertiary/aromatic N) is 1. The predicted molar refractivity (Wildman–Crippen MR) is 110 cm³/mol. The highest BCUT2D eigenvalue weighted by molar-refractivity contribution is 6.07. The lowest BCUT2D eigenvalue weighted by Gasteiger charge is -2.17. The molecule has 29 heavy (non-hydrogen) atoms. The number of non-ortho nitro benzene ring substituents is 1. The fraction of sp³-hybridized carbons (Fsp3) is 0.286. The van der Waals surface area contributed by atoms with Crippen LogP contribution in [-0.4, -0.2) is 29.0 Å². The lowest BCUT2D eigenvalue weighted by molar-refractivity contribution is -0.384. The van der Waals surface area contributed by atoms with Gasteiger partial charge >= 0.3 is 0 Å². The summed E-state index contributed by atoms with van der Waals surface area (Å²) in [5, 5.41) is 14.5. The molecule has 2 N–H and O–H groups in total. The van der Waals surface area contributed by atoms with Gasteiger partial charge in [-0.2, -0.15) is 0 Å². The lowest BCUT2D eigenvalue weighted by Crippen LogP contribution is -2.26. The van der Waals surface area contributed by atoms with E-state index in [1.165, 1.54) is 12.1 Å². The molecule has 1 aromatic heterocycles. The molecule has 0 fully saturated rings. The second kappa shape index (κ2) is 8.64. The molecule has 0 aliphatic carbocycles. The second-order valence-corrected chi connectivity index (χ2v) is 6.46. The van der Waals surface area contributed by atoms with E-state index < -0.39 is 4.92 Å². The van der Waals surface area contributed by atoms with E-state index in [0.717, 1.165) is 5.56 Å². The molecule has 0 aliphatic rings. The van der Waals surface area contributed by atoms with Crippen molar-refractivity contribution in [2.45, 2.75) is 26.8 Å². The van der Waals surface area contributed by atoms with Crippen molar-refractivity contribution in [3.8, 4) is 11.5 Å². The van der Waals surface area contributed by atoms with Gasteiger partial charge in [-0.05, 0) is 44.5 Å². The third kappa shape index (κ3) is 4.31. The topological polar surface area (TPSA) is 106 Å². The molecule has 3 rings (SSSR count). The normalized spacial score (nSPS) is 11.8. The smallest absolute Gasteiger partial charge is 0.270 e. The van der Waals surface area contributed by atoms with Crippen LogP contribution in [0.1, 0.15) is 42.7 Å². The Kier molecular flexibility index (Phi) is 6.01. The SMILES string of the molecule is CCOc1ccc(C(C)NC(=O)c2c[nH]c3ccc([N+](=O)[O-])cc23)cc1OCC. The summed E-state index contributed by atoms with van der Waals surface area (Å²) in [6.45, 7) is 6.68. The Balaban J connectivity index is 1.83. The van der Waals surface area contributed by atoms with Gasteiger partial charge in [0.1, 0.15) is 0 Å². The molecule has 152 valence electrons. The summed E-state index contributed by atoms with van der Waals surface area (Å²) in [5.41, 5.74) is 1.81. The van der Waals surface area contributed by atoms with Gasteiger partial charge in [-0.15, -0.1) is 0 Å². The maximum absolute atomic E-state index is 12.8. The Hall–Kier alpha value is -3.55. The van der Waals surface area contributed by atoms with Gasteiger partial charge in [-0.1, -0.05) is 6.07 Å². The predicted octanol–water partition coefficient (Wildman–Crippen LogP) is 4.36. The summed E-state index contributed by atoms with van der Waals surface area (Å²) in [7, 11) is 0. The molecular formula is C21H23N3O5. The zero-order chi connectivity index (χ0) is 21.0. The van der Waals surface area contributed by atoms with Gasteiger partial charge in [0.2, 0.25) is 0 Å². The molecule has 1 atom stereocenters. The molecular weight excluding hydrogens is 374 g/mol. The summed E-state index contributed by atoms with van der Waals surface area (Å²) in [5.74, 6) is 0.951. The Bertz CT molecular complexity index is 1040. The number of carbonyl (C=O) groups is 1. The van der Waals surface area contributed by atoms with Crippen LogP contribution in [0.2, 0.25) is 0 Å². The standard InChI is InChI=1S/C21H23N3O5/c1-4-28-19-9-6-14(10-20(19)29-5-2)13(3)23-21(25)17-12-22-18-8-7-15(24(26)27)11-16(17)18/h6-13,22H,4-5H2,1-3H3,(H,23,25). The molecule has 8 heteroatoms. The van der Waals surface area contributed by atoms with Gasteiger partial charge in [0.25, 0.3) is 11.6 Å². The van der Waals surface area contributed by atoms with Crippen molar-refractivity contribution in [2.24, 2.45) is 0 Å². The fourth-order valence-corrected chi connectivity index (χ4v) is 3.10. The monoisotopic (exact) mass is 397 g/mol. The summed E-state index contributed by atoms with van der Waals surface area (Å²) in [6.07, 6.45) is 1.56. The largest absolute Gasteiger partial charge is 0.490 e. The number of aromatic nitrogens is 1. The number of fused-ring (bicyclic) bond motifs is 1. The first kappa shape index (κ1) is 20.2. The number of nitro benzene ring substituents is 1. The van der Waals surface area contributed by atoms with Crippen molar-refractivity contribution in [1.82, 2.24) is 10.3 Å². The molecule has 1 unspecified atom stereocenters. The number of hydrogen-bond acceptors (Lipinski definition) is 5. The number of H-pyrrole nitrogens is 1. The molecule has 8 nitrogen and oxygen atoms in total. The maximum atomic E-state index is 12.8. The van der Waals surface area contributed by atoms with Gasteiger partial charge < -0.3 is 19.8 Å². The summed E-state index contributed by atoms with van der Waals surface area (Å²) in [6, 6.07) is 9.63. The minimum absolute atomic E-state index is 0.0629. The van der Waals surface area contributed by atoms with E-state index >= 15 is 0 Å². The van der Waals surface area contributed by atoms with Crippen LogP contribution in [0, 0.1) is 10.1 Å². The number of hydrogen-bond donors (Lipinski definition) is 2. The van der Waals surface area contributed by atoms with Gasteiger partial charge in [-0.25, -0.2) is 0 Å². The van der Waals surface area contributed by atoms with Gasteiger partial charge in [0, 0.05) is 29.2 Å². The Morgan fingerprint density at radius 1 is 1.14 bits per heavy atom. The fourth-order valence-electron chi connectivity index (χ4n) is 3.10. The van der Waals surface area contributed by atoms with Crippen LogP contribution in [0.25, 0.3) is 10.9 Å². The molecule has 0 saturated carbocycles. The highest BCUT2D eigenvalue weighted by atomic mass is 16.6. The van der Waals surface area contributed by atoms with Crippen LogP contribution in [0.15, 0.2) is 42.6 Å². The number of benzene rings is 2. The average molecular weight is 397 g/mol. The number of aromatic amines is 1. The number of nitro groups is 1. The van der Waals surface area contributed by atoms with Gasteiger partial charge in [0.15, 0.2) is 11.5 Å². The summed E-state index contributed by atoms with van der Waals surface area (Å²) < 4.78 is 11.2. The zero-order valence-corrected chi connectivity index (χ0v) is 16.5. The first-order chi connectivity index (χ1) is 13.9. The van der Waals surface area contributed by atoms with Crippen LogP contribution < -0.4 is 14.8 Å². The molecule has 0 radical (unpaired) electrons. The third-order valence-electron chi connectivity index (χ3n) is 4.54. The van der Waals surface area contributed by atoms with E-state index in [1.54, 1.807) is 12.3 Å². The molecule has 0 bridgehead atoms. The van der Waals surface area contributed by atoms with E-state index in [4.69, 9.17) is 9.47 Å². The van der Waals surface area contributed by atoms with Crippen molar-refractivity contribution < 1.29 is 19.2 Å². The molecule has 0 spiro atoms. The number of amides is 1. The van der Waals surface area contributed by atoms with Crippen molar-refractivity contribution in [3.63, 3.8) is 0 Å². The Morgan fingerprint density at radius 2 is 1.86 bits per heavy atom. The van der Waals surface area contributed by atoms with Crippen molar-refractivity contribution in [1.29, 1.82) is 0 Å². The average Bonchev–Trinajstić information content (AvgIpc) is 3.13. The molecule has 1 heterocycles. The minimum atomic E-state index is -0.480. The Morgan fingerprint density at radius 3 is 2.55 bits per heavy atom. The van der Waals surface area contributed by atoms with E-state index in [0.29, 0.717) is 41.2 Å². The third-order valence-corrected chi connectivity index (χ3v) is 4.54. The number of nitrogens with one attached hydrogen (secondary N) is 2. The summed E-state index contributed by atoms with van der Waals surface area (Å²) in [4.78, 5) is 26.3. The summed E-state index contributed by atoms with van der Waals surface area (Å²) >= 11 is 0. The van der Waals surface area contributed by atoms with Crippen LogP contribution in [-0.2, 0) is 0 Å². The first-order valence-electron chi connectivity index (χ1n) is 9.40. The van der Waals surface area contributed by atoms with Crippen molar-refractivity contribution >= 4 is 22.5 Å². The highest BCUT2D eigenvalue weighted by Crippen LogP contribution is 2.31. The molecule has 1 amide bonds. The maximum Gasteiger partial charge on any atom is 0.270 e. The minimum Gasteiger partial charge on any atom is -0.490 e. The van der Waals surface area contributed by atoms with Crippen LogP contribution in [0.4, 0.5) is 5.69 Å². The quantitative estimate of drug-likeness (QED) is 0.434. The molecule has 2 aromatic carbocycles. The molecule has 3 aromatic rings. The molecule has 0 aliphatic heterocycles. The van der Waals surface area contributed by atoms with E-state index in [-0.39, 0.29) is 17.6 Å². The van der Waals surface area contributed by atoms with E-state index in [9.17, 15) is 14.9 Å². The lowest BCUT2D eigenvalue weighted by atomic mass is 10.1. The van der Waals surface area contributed by atoms with Gasteiger partial charge in [-0.3, -0.25) is 14.9 Å². The number of carbonyl (C=O) groups excluding carboxylic acids is 1. The zero-order valence-electron chi connectivity index (χ0n) is 16.5. The van der Waals surface area contributed by atoms with Crippen LogP contribution in [0.5, 0.6) is 11.5 Å². The van der Waals surface area contributed by atoms with Crippen molar-refractivity contribution in [3.05, 3.63) is 63.8 Å². The Labute approximate surface area is 168 Å². The van der Waals surface area contributed by atoms with Gasteiger partial charge in [0.05, 0.1) is 29.7 Å². The number of ether oxygens (including phenoxy) is 2. The molecule has 0 saturated heterocycles. The van der Waals surface area contributed by atoms with E-state index in [1.807, 2.05) is 39.0 Å².